The highest BCUT2D eigenvalue weighted by Gasteiger charge is 2.12. The second-order valence-electron chi connectivity index (χ2n) is 2.18. The van der Waals surface area contributed by atoms with Crippen LogP contribution in [-0.4, -0.2) is 18.1 Å². The third-order valence-corrected chi connectivity index (χ3v) is 2.92. The van der Waals surface area contributed by atoms with Gasteiger partial charge in [-0.15, -0.1) is 11.3 Å². The molecule has 1 atom stereocenters. The zero-order valence-corrected chi connectivity index (χ0v) is 9.19. The number of ether oxygens (including phenoxy) is 1. The average molecular weight is 251 g/mol. The first-order valence-corrected chi connectivity index (χ1v) is 5.31. The van der Waals surface area contributed by atoms with Crippen LogP contribution in [0.5, 0.6) is 0 Å². The Hall–Kier alpha value is 0.0300. The minimum absolute atomic E-state index is 0.0497. The topological polar surface area (TPSA) is 48.1 Å². The summed E-state index contributed by atoms with van der Waals surface area (Å²) in [5.41, 5.74) is 5.53. The van der Waals surface area contributed by atoms with Crippen LogP contribution >= 0.6 is 27.3 Å². The molecule has 0 aliphatic rings. The average Bonchev–Trinajstić information content (AvgIpc) is 2.47. The van der Waals surface area contributed by atoms with Gasteiger partial charge in [0, 0.05) is 13.2 Å². The van der Waals surface area contributed by atoms with Crippen LogP contribution in [0.15, 0.2) is 9.98 Å². The molecule has 0 radical (unpaired) electrons. The summed E-state index contributed by atoms with van der Waals surface area (Å²) in [4.78, 5) is 4.17. The Kier molecular flexibility index (Phi) is 4.14. The molecule has 1 unspecified atom stereocenters. The van der Waals surface area contributed by atoms with E-state index in [2.05, 4.69) is 20.9 Å². The molecule has 2 N–H and O–H groups in total. The zero-order chi connectivity index (χ0) is 8.97. The molecule has 68 valence electrons. The lowest BCUT2D eigenvalue weighted by atomic mass is 10.4. The van der Waals surface area contributed by atoms with Gasteiger partial charge < -0.3 is 10.5 Å². The van der Waals surface area contributed by atoms with E-state index in [0.717, 1.165) is 8.79 Å². The summed E-state index contributed by atoms with van der Waals surface area (Å²) < 4.78 is 6.40. The maximum atomic E-state index is 5.53. The van der Waals surface area contributed by atoms with E-state index in [-0.39, 0.29) is 6.10 Å². The fourth-order valence-electron chi connectivity index (χ4n) is 0.857. The third-order valence-electron chi connectivity index (χ3n) is 1.35. The second kappa shape index (κ2) is 4.91. The minimum atomic E-state index is -0.0497. The lowest BCUT2D eigenvalue weighted by Crippen LogP contribution is -2.15. The fourth-order valence-corrected chi connectivity index (χ4v) is 2.16. The molecule has 0 spiro atoms. The number of rotatable bonds is 4. The molecule has 0 saturated heterocycles. The van der Waals surface area contributed by atoms with Crippen molar-refractivity contribution in [2.24, 2.45) is 5.73 Å². The molecular formula is C7H11BrN2OS. The highest BCUT2D eigenvalue weighted by Crippen LogP contribution is 2.25. The summed E-state index contributed by atoms with van der Waals surface area (Å²) in [6, 6.07) is 0. The predicted molar refractivity (Wildman–Crippen MR) is 53.2 cm³/mol. The van der Waals surface area contributed by atoms with Crippen LogP contribution in [0.2, 0.25) is 0 Å². The maximum absolute atomic E-state index is 5.53. The Bertz CT molecular complexity index is 241. The summed E-state index contributed by atoms with van der Waals surface area (Å²) in [5, 5.41) is 0.936. The van der Waals surface area contributed by atoms with Gasteiger partial charge in [-0.05, 0) is 22.9 Å². The first-order valence-electron chi connectivity index (χ1n) is 3.70. The molecular weight excluding hydrogens is 240 g/mol. The molecule has 0 aliphatic heterocycles. The molecule has 1 heterocycles. The maximum Gasteiger partial charge on any atom is 0.124 e. The van der Waals surface area contributed by atoms with Gasteiger partial charge in [-0.3, -0.25) is 0 Å². The van der Waals surface area contributed by atoms with Gasteiger partial charge in [-0.1, -0.05) is 0 Å². The van der Waals surface area contributed by atoms with Gasteiger partial charge in [0.05, 0.1) is 9.98 Å². The minimum Gasteiger partial charge on any atom is -0.370 e. The highest BCUT2D eigenvalue weighted by atomic mass is 79.9. The van der Waals surface area contributed by atoms with Crippen molar-refractivity contribution in [2.75, 3.05) is 13.2 Å². The van der Waals surface area contributed by atoms with Crippen molar-refractivity contribution >= 4 is 27.3 Å². The first-order chi connectivity index (χ1) is 5.77. The molecule has 3 nitrogen and oxygen atoms in total. The SMILES string of the molecule is CCOC(CN)c1ncc(Br)s1. The van der Waals surface area contributed by atoms with Crippen LogP contribution in [0.3, 0.4) is 0 Å². The van der Waals surface area contributed by atoms with E-state index in [4.69, 9.17) is 10.5 Å². The van der Waals surface area contributed by atoms with Gasteiger partial charge in [0.25, 0.3) is 0 Å². The smallest absolute Gasteiger partial charge is 0.124 e. The number of hydrogen-bond donors (Lipinski definition) is 1. The molecule has 0 aromatic carbocycles. The summed E-state index contributed by atoms with van der Waals surface area (Å²) in [6.07, 6.45) is 1.72. The monoisotopic (exact) mass is 250 g/mol. The van der Waals surface area contributed by atoms with E-state index in [1.54, 1.807) is 17.5 Å². The van der Waals surface area contributed by atoms with Crippen LogP contribution in [-0.2, 0) is 4.74 Å². The molecule has 0 amide bonds. The lowest BCUT2D eigenvalue weighted by Gasteiger charge is -2.10. The second-order valence-corrected chi connectivity index (χ2v) is 4.62. The summed E-state index contributed by atoms with van der Waals surface area (Å²) in [7, 11) is 0. The summed E-state index contributed by atoms with van der Waals surface area (Å²) in [6.45, 7) is 3.10. The number of halogens is 1. The standard InChI is InChI=1S/C7H11BrN2OS/c1-2-11-5(3-9)7-10-4-6(8)12-7/h4-5H,2-3,9H2,1H3. The molecule has 1 aromatic heterocycles. The van der Waals surface area contributed by atoms with Gasteiger partial charge in [-0.25, -0.2) is 4.98 Å². The number of hydrogen-bond acceptors (Lipinski definition) is 4. The van der Waals surface area contributed by atoms with Gasteiger partial charge in [-0.2, -0.15) is 0 Å². The molecule has 0 bridgehead atoms. The highest BCUT2D eigenvalue weighted by molar-refractivity contribution is 9.11. The Morgan fingerprint density at radius 1 is 1.83 bits per heavy atom. The number of aromatic nitrogens is 1. The third kappa shape index (κ3) is 2.52. The van der Waals surface area contributed by atoms with E-state index < -0.39 is 0 Å². The lowest BCUT2D eigenvalue weighted by molar-refractivity contribution is 0.0686. The summed E-state index contributed by atoms with van der Waals surface area (Å²) >= 11 is 4.90. The van der Waals surface area contributed by atoms with Crippen molar-refractivity contribution in [2.45, 2.75) is 13.0 Å². The molecule has 1 aromatic rings. The van der Waals surface area contributed by atoms with Gasteiger partial charge in [0.15, 0.2) is 0 Å². The van der Waals surface area contributed by atoms with E-state index in [1.165, 1.54) is 0 Å². The quantitative estimate of drug-likeness (QED) is 0.889. The van der Waals surface area contributed by atoms with Crippen molar-refractivity contribution in [3.63, 3.8) is 0 Å². The van der Waals surface area contributed by atoms with Crippen LogP contribution in [0.4, 0.5) is 0 Å². The molecule has 12 heavy (non-hydrogen) atoms. The Morgan fingerprint density at radius 3 is 3.00 bits per heavy atom. The van der Waals surface area contributed by atoms with Crippen LogP contribution in [0.25, 0.3) is 0 Å². The fraction of sp³-hybridized carbons (Fsp3) is 0.571. The van der Waals surface area contributed by atoms with Gasteiger partial charge in [0.2, 0.25) is 0 Å². The predicted octanol–water partition coefficient (Wildman–Crippen LogP) is 1.94. The van der Waals surface area contributed by atoms with Crippen molar-refractivity contribution < 1.29 is 4.74 Å². The van der Waals surface area contributed by atoms with E-state index in [9.17, 15) is 0 Å². The Balaban J connectivity index is 2.66. The molecule has 0 saturated carbocycles. The van der Waals surface area contributed by atoms with Crippen LogP contribution in [0, 0.1) is 0 Å². The number of nitrogens with two attached hydrogens (primary N) is 1. The van der Waals surface area contributed by atoms with Crippen molar-refractivity contribution in [1.82, 2.24) is 4.98 Å². The largest absolute Gasteiger partial charge is 0.370 e. The van der Waals surface area contributed by atoms with Gasteiger partial charge in [0.1, 0.15) is 11.1 Å². The molecule has 5 heteroatoms. The normalized spacial score (nSPS) is 13.2. The molecule has 0 fully saturated rings. The molecule has 1 rings (SSSR count). The summed E-state index contributed by atoms with van der Waals surface area (Å²) in [5.74, 6) is 0. The van der Waals surface area contributed by atoms with E-state index >= 15 is 0 Å². The Labute approximate surface area is 84.1 Å². The van der Waals surface area contributed by atoms with Crippen LogP contribution < -0.4 is 5.73 Å². The van der Waals surface area contributed by atoms with Crippen molar-refractivity contribution in [3.05, 3.63) is 15.0 Å². The van der Waals surface area contributed by atoms with Crippen LogP contribution in [0.1, 0.15) is 18.0 Å². The first kappa shape index (κ1) is 10.1. The van der Waals surface area contributed by atoms with E-state index in [0.29, 0.717) is 13.2 Å². The van der Waals surface area contributed by atoms with E-state index in [1.807, 2.05) is 6.92 Å². The van der Waals surface area contributed by atoms with Crippen molar-refractivity contribution in [3.8, 4) is 0 Å². The number of thiazole rings is 1. The zero-order valence-electron chi connectivity index (χ0n) is 6.79. The van der Waals surface area contributed by atoms with Gasteiger partial charge >= 0.3 is 0 Å². The molecule has 0 aliphatic carbocycles. The number of nitrogens with zero attached hydrogens (tertiary/aromatic N) is 1. The Morgan fingerprint density at radius 2 is 2.58 bits per heavy atom. The van der Waals surface area contributed by atoms with Crippen molar-refractivity contribution in [1.29, 1.82) is 0 Å².